The van der Waals surface area contributed by atoms with Gasteiger partial charge in [0.2, 0.25) is 0 Å². The highest BCUT2D eigenvalue weighted by atomic mass is 35.5. The summed E-state index contributed by atoms with van der Waals surface area (Å²) in [6.07, 6.45) is 1.37. The zero-order chi connectivity index (χ0) is 25.8. The third kappa shape index (κ3) is 5.24. The van der Waals surface area contributed by atoms with Crippen molar-refractivity contribution < 1.29 is 24.5 Å². The number of aryl methyl sites for hydroxylation is 1. The molecule has 1 saturated heterocycles. The third-order valence-electron chi connectivity index (χ3n) is 6.21. The molecule has 4 rings (SSSR count). The summed E-state index contributed by atoms with van der Waals surface area (Å²) in [5.41, 5.74) is 2.83. The number of aliphatic hydroxyl groups excluding tert-OH is 1. The van der Waals surface area contributed by atoms with Crippen molar-refractivity contribution >= 4 is 29.1 Å². The van der Waals surface area contributed by atoms with Crippen molar-refractivity contribution in [2.75, 3.05) is 13.2 Å². The number of ketones is 1. The van der Waals surface area contributed by atoms with Crippen LogP contribution < -0.4 is 4.74 Å². The van der Waals surface area contributed by atoms with Crippen LogP contribution in [0.2, 0.25) is 5.02 Å². The molecule has 3 aromatic rings. The summed E-state index contributed by atoms with van der Waals surface area (Å²) in [5.74, 6) is -0.901. The van der Waals surface area contributed by atoms with Gasteiger partial charge >= 0.3 is 0 Å². The number of halogens is 1. The number of carbonyl (C=O) groups is 2. The van der Waals surface area contributed by atoms with Crippen LogP contribution in [0, 0.1) is 6.92 Å². The van der Waals surface area contributed by atoms with Gasteiger partial charge in [0.05, 0.1) is 18.2 Å². The summed E-state index contributed by atoms with van der Waals surface area (Å²) >= 11 is 5.98. The Kier molecular flexibility index (Phi) is 7.65. The molecule has 36 heavy (non-hydrogen) atoms. The van der Waals surface area contributed by atoms with Crippen LogP contribution in [0.5, 0.6) is 11.5 Å². The third-order valence-corrected chi connectivity index (χ3v) is 6.47. The average Bonchev–Trinajstić information content (AvgIpc) is 3.12. The van der Waals surface area contributed by atoms with Crippen molar-refractivity contribution in [1.29, 1.82) is 0 Å². The number of likely N-dealkylation sites (tertiary alicyclic amines) is 1. The number of carbonyl (C=O) groups excluding carboxylic acids is 2. The summed E-state index contributed by atoms with van der Waals surface area (Å²) in [5, 5.41) is 21.7. The monoisotopic (exact) mass is 505 g/mol. The Morgan fingerprint density at radius 3 is 2.36 bits per heavy atom. The first-order chi connectivity index (χ1) is 17.3. The zero-order valence-corrected chi connectivity index (χ0v) is 21.0. The van der Waals surface area contributed by atoms with Crippen LogP contribution in [0.3, 0.4) is 0 Å². The SMILES string of the molecule is CCCOc1ccc(/C(O)=C2/C(=O)C(=O)N(CCc3ccc(Cl)cc3)C2c2ccc(O)cc2)cc1C. The Balaban J connectivity index is 1.74. The summed E-state index contributed by atoms with van der Waals surface area (Å²) in [6.45, 7) is 4.72. The smallest absolute Gasteiger partial charge is 0.295 e. The number of hydrogen-bond donors (Lipinski definition) is 2. The first-order valence-electron chi connectivity index (χ1n) is 11.9. The van der Waals surface area contributed by atoms with Gasteiger partial charge in [0.1, 0.15) is 17.3 Å². The van der Waals surface area contributed by atoms with Crippen LogP contribution >= 0.6 is 11.6 Å². The molecular formula is C29H28ClNO5. The molecule has 186 valence electrons. The maximum absolute atomic E-state index is 13.2. The molecule has 0 bridgehead atoms. The standard InChI is InChI=1S/C29H28ClNO5/c1-3-16-36-24-13-8-21(17-18(24)2)27(33)25-26(20-6-11-23(32)12-7-20)31(29(35)28(25)34)15-14-19-4-9-22(30)10-5-19/h4-13,17,26,32-33H,3,14-16H2,1-2H3/b27-25-. The van der Waals surface area contributed by atoms with E-state index in [9.17, 15) is 19.8 Å². The molecule has 1 unspecified atom stereocenters. The van der Waals surface area contributed by atoms with Crippen molar-refractivity contribution in [2.24, 2.45) is 0 Å². The molecular weight excluding hydrogens is 478 g/mol. The van der Waals surface area contributed by atoms with E-state index in [1.807, 2.05) is 26.0 Å². The highest BCUT2D eigenvalue weighted by Crippen LogP contribution is 2.40. The molecule has 1 fully saturated rings. The van der Waals surface area contributed by atoms with Gasteiger partial charge in [-0.15, -0.1) is 0 Å². The quantitative estimate of drug-likeness (QED) is 0.229. The van der Waals surface area contributed by atoms with Crippen LogP contribution in [0.25, 0.3) is 5.76 Å². The van der Waals surface area contributed by atoms with Gasteiger partial charge < -0.3 is 19.8 Å². The van der Waals surface area contributed by atoms with Gasteiger partial charge in [-0.1, -0.05) is 42.8 Å². The Labute approximate surface area is 215 Å². The second-order valence-electron chi connectivity index (χ2n) is 8.79. The van der Waals surface area contributed by atoms with Gasteiger partial charge in [0.15, 0.2) is 0 Å². The summed E-state index contributed by atoms with van der Waals surface area (Å²) in [7, 11) is 0. The zero-order valence-electron chi connectivity index (χ0n) is 20.2. The molecule has 1 heterocycles. The van der Waals surface area contributed by atoms with E-state index in [1.54, 1.807) is 42.5 Å². The fourth-order valence-corrected chi connectivity index (χ4v) is 4.47. The molecule has 2 N–H and O–H groups in total. The van der Waals surface area contributed by atoms with E-state index in [2.05, 4.69) is 0 Å². The minimum atomic E-state index is -0.797. The fourth-order valence-electron chi connectivity index (χ4n) is 4.34. The van der Waals surface area contributed by atoms with Crippen LogP contribution in [0.15, 0.2) is 72.3 Å². The van der Waals surface area contributed by atoms with Crippen molar-refractivity contribution in [3.63, 3.8) is 0 Å². The minimum Gasteiger partial charge on any atom is -0.508 e. The summed E-state index contributed by atoms with van der Waals surface area (Å²) in [6, 6.07) is 18.0. The number of Topliss-reactive ketones (excluding diaryl/α,β-unsaturated/α-hetero) is 1. The molecule has 0 aliphatic carbocycles. The maximum Gasteiger partial charge on any atom is 0.295 e. The largest absolute Gasteiger partial charge is 0.508 e. The van der Waals surface area contributed by atoms with Crippen LogP contribution in [-0.4, -0.2) is 40.0 Å². The highest BCUT2D eigenvalue weighted by molar-refractivity contribution is 6.46. The van der Waals surface area contributed by atoms with Crippen LogP contribution in [-0.2, 0) is 16.0 Å². The normalized spacial score (nSPS) is 17.0. The molecule has 1 amide bonds. The van der Waals surface area contributed by atoms with Crippen LogP contribution in [0.4, 0.5) is 0 Å². The summed E-state index contributed by atoms with van der Waals surface area (Å²) < 4.78 is 5.73. The number of aromatic hydroxyl groups is 1. The molecule has 0 aromatic heterocycles. The number of phenolic OH excluding ortho intramolecular Hbond substituents is 1. The highest BCUT2D eigenvalue weighted by Gasteiger charge is 2.45. The summed E-state index contributed by atoms with van der Waals surface area (Å²) in [4.78, 5) is 27.9. The second kappa shape index (κ2) is 10.9. The number of phenols is 1. The number of benzene rings is 3. The van der Waals surface area contributed by atoms with Gasteiger partial charge in [0.25, 0.3) is 11.7 Å². The number of hydrogen-bond acceptors (Lipinski definition) is 5. The Bertz CT molecular complexity index is 1300. The minimum absolute atomic E-state index is 0.0171. The number of rotatable bonds is 8. The van der Waals surface area contributed by atoms with Crippen molar-refractivity contribution in [1.82, 2.24) is 4.90 Å². The van der Waals surface area contributed by atoms with E-state index >= 15 is 0 Å². The molecule has 3 aromatic carbocycles. The number of amides is 1. The average molecular weight is 506 g/mol. The molecule has 1 aliphatic rings. The fraction of sp³-hybridized carbons (Fsp3) is 0.241. The maximum atomic E-state index is 13.2. The molecule has 0 spiro atoms. The molecule has 7 heteroatoms. The lowest BCUT2D eigenvalue weighted by Gasteiger charge is -2.25. The van der Waals surface area contributed by atoms with Crippen molar-refractivity contribution in [3.8, 4) is 11.5 Å². The van der Waals surface area contributed by atoms with E-state index in [4.69, 9.17) is 16.3 Å². The topological polar surface area (TPSA) is 87.1 Å². The van der Waals surface area contributed by atoms with E-state index in [0.29, 0.717) is 34.9 Å². The van der Waals surface area contributed by atoms with Gasteiger partial charge in [0, 0.05) is 17.1 Å². The predicted octanol–water partition coefficient (Wildman–Crippen LogP) is 5.81. The van der Waals surface area contributed by atoms with Crippen LogP contribution in [0.1, 0.15) is 41.6 Å². The van der Waals surface area contributed by atoms with Crippen molar-refractivity contribution in [2.45, 2.75) is 32.7 Å². The Morgan fingerprint density at radius 2 is 1.72 bits per heavy atom. The number of ether oxygens (including phenoxy) is 1. The second-order valence-corrected chi connectivity index (χ2v) is 9.23. The predicted molar refractivity (Wildman–Crippen MR) is 139 cm³/mol. The molecule has 6 nitrogen and oxygen atoms in total. The van der Waals surface area contributed by atoms with E-state index in [1.165, 1.54) is 17.0 Å². The van der Waals surface area contributed by atoms with Crippen molar-refractivity contribution in [3.05, 3.63) is 99.6 Å². The van der Waals surface area contributed by atoms with E-state index in [-0.39, 0.29) is 23.6 Å². The first-order valence-corrected chi connectivity index (χ1v) is 12.2. The van der Waals surface area contributed by atoms with E-state index < -0.39 is 17.7 Å². The van der Waals surface area contributed by atoms with Gasteiger partial charge in [-0.25, -0.2) is 0 Å². The molecule has 1 aliphatic heterocycles. The van der Waals surface area contributed by atoms with Gasteiger partial charge in [-0.05, 0) is 78.9 Å². The van der Waals surface area contributed by atoms with Gasteiger partial charge in [-0.3, -0.25) is 9.59 Å². The lowest BCUT2D eigenvalue weighted by atomic mass is 9.94. The molecule has 0 saturated carbocycles. The Hall–Kier alpha value is -3.77. The molecule has 0 radical (unpaired) electrons. The number of nitrogens with zero attached hydrogens (tertiary/aromatic N) is 1. The first kappa shape index (κ1) is 25.3. The number of aliphatic hydroxyl groups is 1. The van der Waals surface area contributed by atoms with Gasteiger partial charge in [-0.2, -0.15) is 0 Å². The lowest BCUT2D eigenvalue weighted by Crippen LogP contribution is -2.31. The Morgan fingerprint density at radius 1 is 1.03 bits per heavy atom. The lowest BCUT2D eigenvalue weighted by molar-refractivity contribution is -0.139. The molecule has 1 atom stereocenters. The van der Waals surface area contributed by atoms with E-state index in [0.717, 1.165) is 17.5 Å².